The smallest absolute Gasteiger partial charge is 0.277 e. The fourth-order valence-electron chi connectivity index (χ4n) is 3.50. The number of aromatic nitrogens is 2. The first-order chi connectivity index (χ1) is 12.2. The maximum absolute atomic E-state index is 11.4. The van der Waals surface area contributed by atoms with Crippen LogP contribution in [0.2, 0.25) is 0 Å². The van der Waals surface area contributed by atoms with Crippen molar-refractivity contribution in [3.8, 4) is 0 Å². The van der Waals surface area contributed by atoms with Crippen molar-refractivity contribution in [2.45, 2.75) is 32.4 Å². The summed E-state index contributed by atoms with van der Waals surface area (Å²) in [7, 11) is 0. The molecule has 7 nitrogen and oxygen atoms in total. The second-order valence-electron chi connectivity index (χ2n) is 6.16. The molecular weight excluding hydrogens is 318 g/mol. The lowest BCUT2D eigenvalue weighted by molar-refractivity contribution is 0.0705. The molecule has 2 aliphatic heterocycles. The van der Waals surface area contributed by atoms with Gasteiger partial charge in [0.15, 0.2) is 0 Å². The normalized spacial score (nSPS) is 23.2. The molecule has 1 aromatic rings. The van der Waals surface area contributed by atoms with E-state index in [0.29, 0.717) is 18.0 Å². The van der Waals surface area contributed by atoms with Crippen LogP contribution in [0.25, 0.3) is 0 Å². The monoisotopic (exact) mass is 341 g/mol. The van der Waals surface area contributed by atoms with E-state index >= 15 is 0 Å². The third-order valence-electron chi connectivity index (χ3n) is 4.70. The van der Waals surface area contributed by atoms with Crippen LogP contribution in [0.3, 0.4) is 0 Å². The summed E-state index contributed by atoms with van der Waals surface area (Å²) >= 11 is 0. The second-order valence-corrected chi connectivity index (χ2v) is 6.16. The van der Waals surface area contributed by atoms with Gasteiger partial charge in [-0.05, 0) is 26.3 Å². The molecule has 0 spiro atoms. The van der Waals surface area contributed by atoms with E-state index in [-0.39, 0.29) is 5.56 Å². The fraction of sp³-hybridized carbons (Fsp3) is 0.389. The third-order valence-corrected chi connectivity index (χ3v) is 4.70. The Hall–Kier alpha value is -2.67. The molecule has 2 aliphatic rings. The van der Waals surface area contributed by atoms with Gasteiger partial charge in [-0.1, -0.05) is 24.3 Å². The first-order valence-corrected chi connectivity index (χ1v) is 8.43. The lowest BCUT2D eigenvalue weighted by Gasteiger charge is -2.36. The molecule has 0 aromatic carbocycles. The highest BCUT2D eigenvalue weighted by molar-refractivity contribution is 5.92. The van der Waals surface area contributed by atoms with Gasteiger partial charge >= 0.3 is 0 Å². The number of rotatable bonds is 5. The summed E-state index contributed by atoms with van der Waals surface area (Å²) in [4.78, 5) is 24.6. The molecule has 1 amide bonds. The Kier molecular flexibility index (Phi) is 5.14. The van der Waals surface area contributed by atoms with E-state index < -0.39 is 5.91 Å². The van der Waals surface area contributed by atoms with E-state index in [4.69, 9.17) is 5.21 Å². The second kappa shape index (κ2) is 7.48. The van der Waals surface area contributed by atoms with Crippen molar-refractivity contribution in [1.82, 2.24) is 20.3 Å². The van der Waals surface area contributed by atoms with Gasteiger partial charge < -0.3 is 9.80 Å². The predicted octanol–water partition coefficient (Wildman–Crippen LogP) is 1.89. The molecule has 0 radical (unpaired) electrons. The summed E-state index contributed by atoms with van der Waals surface area (Å²) in [5, 5.41) is 8.65. The van der Waals surface area contributed by atoms with Gasteiger partial charge in [0, 0.05) is 37.2 Å². The summed E-state index contributed by atoms with van der Waals surface area (Å²) in [6.07, 6.45) is 14.4. The average Bonchev–Trinajstić information content (AvgIpc) is 3.25. The van der Waals surface area contributed by atoms with Crippen LogP contribution in [0.5, 0.6) is 0 Å². The van der Waals surface area contributed by atoms with E-state index in [2.05, 4.69) is 44.9 Å². The Balaban J connectivity index is 1.68. The van der Waals surface area contributed by atoms with Gasteiger partial charge in [-0.3, -0.25) is 10.0 Å². The number of nitrogens with zero attached hydrogens (tertiary/aromatic N) is 4. The molecule has 0 aliphatic carbocycles. The van der Waals surface area contributed by atoms with Crippen molar-refractivity contribution in [2.75, 3.05) is 18.0 Å². The van der Waals surface area contributed by atoms with Crippen LogP contribution in [0, 0.1) is 0 Å². The largest absolute Gasteiger partial charge is 0.365 e. The average molecular weight is 341 g/mol. The Morgan fingerprint density at radius 2 is 2.00 bits per heavy atom. The minimum absolute atomic E-state index is 0.238. The lowest BCUT2D eigenvalue weighted by atomic mass is 10.2. The van der Waals surface area contributed by atoms with Gasteiger partial charge in [-0.15, -0.1) is 0 Å². The van der Waals surface area contributed by atoms with Crippen LogP contribution in [0.4, 0.5) is 5.95 Å². The highest BCUT2D eigenvalue weighted by Crippen LogP contribution is 2.35. The summed E-state index contributed by atoms with van der Waals surface area (Å²) in [6.45, 7) is 5.87. The molecule has 132 valence electrons. The molecule has 3 rings (SSSR count). The number of hydroxylamine groups is 1. The van der Waals surface area contributed by atoms with E-state index in [0.717, 1.165) is 19.5 Å². The molecule has 25 heavy (non-hydrogen) atoms. The molecule has 2 N–H and O–H groups in total. The van der Waals surface area contributed by atoms with Crippen molar-refractivity contribution < 1.29 is 10.0 Å². The highest BCUT2D eigenvalue weighted by atomic mass is 16.5. The number of nitrogens with one attached hydrogen (secondary N) is 1. The molecule has 2 atom stereocenters. The quantitative estimate of drug-likeness (QED) is 0.484. The first kappa shape index (κ1) is 17.2. The molecule has 2 fully saturated rings. The maximum atomic E-state index is 11.4. The minimum atomic E-state index is -0.605. The lowest BCUT2D eigenvalue weighted by Crippen LogP contribution is -2.46. The van der Waals surface area contributed by atoms with Crippen molar-refractivity contribution in [3.05, 3.63) is 54.0 Å². The number of hydrogen-bond acceptors (Lipinski definition) is 6. The molecular formula is C18H23N5O2. The predicted molar refractivity (Wildman–Crippen MR) is 95.2 cm³/mol. The van der Waals surface area contributed by atoms with Crippen LogP contribution in [-0.2, 0) is 0 Å². The van der Waals surface area contributed by atoms with Crippen LogP contribution >= 0.6 is 0 Å². The number of carbonyl (C=O) groups excluding carboxylic acids is 1. The van der Waals surface area contributed by atoms with Gasteiger partial charge in [0.2, 0.25) is 5.95 Å². The molecule has 0 saturated carbocycles. The van der Waals surface area contributed by atoms with Gasteiger partial charge in [0.25, 0.3) is 5.91 Å². The first-order valence-electron chi connectivity index (χ1n) is 8.43. The molecule has 2 saturated heterocycles. The topological polar surface area (TPSA) is 81.6 Å². The van der Waals surface area contributed by atoms with Gasteiger partial charge in [-0.2, -0.15) is 0 Å². The zero-order valence-corrected chi connectivity index (χ0v) is 14.5. The van der Waals surface area contributed by atoms with Gasteiger partial charge in [0.1, 0.15) is 0 Å². The maximum Gasteiger partial charge on any atom is 0.277 e. The Labute approximate surface area is 147 Å². The zero-order valence-electron chi connectivity index (χ0n) is 14.5. The van der Waals surface area contributed by atoms with Gasteiger partial charge in [0.05, 0.1) is 11.6 Å². The van der Waals surface area contributed by atoms with Crippen LogP contribution in [-0.4, -0.2) is 51.2 Å². The summed E-state index contributed by atoms with van der Waals surface area (Å²) in [6, 6.07) is 0.808. The molecule has 7 heteroatoms. The van der Waals surface area contributed by atoms with Crippen molar-refractivity contribution >= 4 is 11.9 Å². The molecule has 3 heterocycles. The van der Waals surface area contributed by atoms with E-state index in [1.54, 1.807) is 5.48 Å². The Bertz CT molecular complexity index is 711. The van der Waals surface area contributed by atoms with Crippen LogP contribution in [0.1, 0.15) is 30.6 Å². The number of amides is 1. The van der Waals surface area contributed by atoms with Crippen molar-refractivity contribution in [2.24, 2.45) is 0 Å². The number of hydrogen-bond donors (Lipinski definition) is 2. The highest BCUT2D eigenvalue weighted by Gasteiger charge is 2.44. The number of fused-ring (bicyclic) bond motifs is 2. The standard InChI is InChI=1S/C18H23N5O2/c1-3-5-6-7-14(4-2)22-11-16-8-15(22)12-23(16)18-19-9-13(10-20-18)17(24)21-25/h3-7,9-10,15-16,25H,8,11-12H2,1-2H3,(H,21,24)/b5-3-,7-6-,14-4+. The molecule has 2 bridgehead atoms. The number of likely N-dealkylation sites (tertiary alicyclic amines) is 1. The molecule has 2 unspecified atom stereocenters. The van der Waals surface area contributed by atoms with Crippen LogP contribution < -0.4 is 10.4 Å². The Morgan fingerprint density at radius 1 is 1.24 bits per heavy atom. The summed E-state index contributed by atoms with van der Waals surface area (Å²) in [5.41, 5.74) is 3.06. The van der Waals surface area contributed by atoms with Crippen molar-refractivity contribution in [1.29, 1.82) is 0 Å². The number of anilines is 1. The van der Waals surface area contributed by atoms with E-state index in [1.165, 1.54) is 18.1 Å². The van der Waals surface area contributed by atoms with Gasteiger partial charge in [-0.25, -0.2) is 15.4 Å². The fourth-order valence-corrected chi connectivity index (χ4v) is 3.50. The third kappa shape index (κ3) is 3.41. The Morgan fingerprint density at radius 3 is 2.56 bits per heavy atom. The number of allylic oxidation sites excluding steroid dienone is 5. The molecule has 1 aromatic heterocycles. The number of carbonyl (C=O) groups is 1. The van der Waals surface area contributed by atoms with Crippen LogP contribution in [0.15, 0.2) is 48.5 Å². The zero-order chi connectivity index (χ0) is 17.8. The van der Waals surface area contributed by atoms with Crippen molar-refractivity contribution in [3.63, 3.8) is 0 Å². The van der Waals surface area contributed by atoms with E-state index in [9.17, 15) is 4.79 Å². The number of piperazine rings is 1. The summed E-state index contributed by atoms with van der Waals surface area (Å²) < 4.78 is 0. The summed E-state index contributed by atoms with van der Waals surface area (Å²) in [5.74, 6) is 0.0273. The SMILES string of the molecule is C\C=C/C=C\C(=C/C)N1CC2CC1CN2c1ncc(C(=O)NO)cn1. The van der Waals surface area contributed by atoms with E-state index in [1.807, 2.05) is 19.1 Å². The minimum Gasteiger partial charge on any atom is -0.365 e.